The molecular formula is C37H54O11. The first kappa shape index (κ1) is 37.8. The zero-order valence-corrected chi connectivity index (χ0v) is 29.4. The fourth-order valence-electron chi connectivity index (χ4n) is 7.30. The van der Waals surface area contributed by atoms with Crippen LogP contribution in [0.15, 0.2) is 35.5 Å². The van der Waals surface area contributed by atoms with Crippen LogP contribution in [0.3, 0.4) is 0 Å². The van der Waals surface area contributed by atoms with Crippen LogP contribution in [-0.4, -0.2) is 86.9 Å². The van der Waals surface area contributed by atoms with Crippen LogP contribution >= 0.6 is 0 Å². The molecule has 0 radical (unpaired) electrons. The molecule has 0 spiro atoms. The van der Waals surface area contributed by atoms with Gasteiger partial charge in [0.2, 0.25) is 0 Å². The highest BCUT2D eigenvalue weighted by Gasteiger charge is 2.40. The summed E-state index contributed by atoms with van der Waals surface area (Å²) in [4.78, 5) is 49.4. The molecule has 8 unspecified atom stereocenters. The van der Waals surface area contributed by atoms with Crippen molar-refractivity contribution in [3.8, 4) is 0 Å². The molecule has 4 rings (SSSR count). The van der Waals surface area contributed by atoms with E-state index in [0.717, 1.165) is 11.1 Å². The van der Waals surface area contributed by atoms with Crippen molar-refractivity contribution >= 4 is 23.9 Å². The summed E-state index contributed by atoms with van der Waals surface area (Å²) in [7, 11) is 2.73. The summed E-state index contributed by atoms with van der Waals surface area (Å²) in [5, 5.41) is 0. The number of rotatable bonds is 4. The van der Waals surface area contributed by atoms with E-state index >= 15 is 0 Å². The first-order chi connectivity index (χ1) is 23.0. The second-order valence-corrected chi connectivity index (χ2v) is 13.7. The predicted molar refractivity (Wildman–Crippen MR) is 176 cm³/mol. The molecule has 11 heteroatoms. The first-order valence-corrected chi connectivity index (χ1v) is 17.5. The van der Waals surface area contributed by atoms with Crippen LogP contribution in [-0.2, 0) is 52.3 Å². The number of carbonyl (C=O) groups excluding carboxylic acids is 4. The van der Waals surface area contributed by atoms with E-state index < -0.39 is 11.9 Å². The predicted octanol–water partition coefficient (Wildman–Crippen LogP) is 5.48. The van der Waals surface area contributed by atoms with E-state index in [1.54, 1.807) is 12.2 Å². The largest absolute Gasteiger partial charge is 0.466 e. The highest BCUT2D eigenvalue weighted by molar-refractivity contribution is 5.83. The molecule has 4 aliphatic heterocycles. The SMILES string of the molecule is CCC1CC2C/C(=C\C(=O)OC)CC(O2)C(C)/C=C/[C@H]2C/C(=C\C(=O)OC)CC(CC3O[C@H](CCCC(=O)O1)CC(OC(C)=O)C3C)O2. The number of cyclic esters (lactones) is 1. The number of esters is 4. The van der Waals surface area contributed by atoms with Crippen molar-refractivity contribution in [3.63, 3.8) is 0 Å². The van der Waals surface area contributed by atoms with Crippen molar-refractivity contribution in [3.05, 3.63) is 35.5 Å². The van der Waals surface area contributed by atoms with Gasteiger partial charge in [0, 0.05) is 56.6 Å². The summed E-state index contributed by atoms with van der Waals surface area (Å²) in [5.74, 6) is -1.52. The van der Waals surface area contributed by atoms with E-state index in [9.17, 15) is 19.2 Å². The molecule has 0 aromatic carbocycles. The lowest BCUT2D eigenvalue weighted by Gasteiger charge is -2.42. The Labute approximate surface area is 284 Å². The van der Waals surface area contributed by atoms with Crippen LogP contribution < -0.4 is 0 Å². The van der Waals surface area contributed by atoms with Crippen molar-refractivity contribution in [2.45, 2.75) is 147 Å². The molecule has 3 saturated heterocycles. The first-order valence-electron chi connectivity index (χ1n) is 17.5. The van der Waals surface area contributed by atoms with E-state index in [1.165, 1.54) is 21.1 Å². The van der Waals surface area contributed by atoms with Crippen LogP contribution in [0.5, 0.6) is 0 Å². The van der Waals surface area contributed by atoms with Gasteiger partial charge in [-0.15, -0.1) is 0 Å². The maximum absolute atomic E-state index is 13.0. The summed E-state index contributed by atoms with van der Waals surface area (Å²) >= 11 is 0. The minimum absolute atomic E-state index is 0.0361. The minimum Gasteiger partial charge on any atom is -0.466 e. The van der Waals surface area contributed by atoms with Crippen molar-refractivity contribution < 1.29 is 52.3 Å². The van der Waals surface area contributed by atoms with Gasteiger partial charge in [0.1, 0.15) is 12.2 Å². The Morgan fingerprint density at radius 2 is 1.48 bits per heavy atom. The standard InChI is InChI=1S/C37H54O11/c1-7-27-19-30-15-26(18-37(41)43-6)16-32(47-30)22(2)11-12-29-13-25(17-36(40)42-5)14-31(45-29)21-34-23(3)33(44-24(4)38)20-28(46-34)9-8-10-35(39)48-27/h11-12,17-18,22-23,27-34H,7-10,13-16,19-21H2,1-6H3/b12-11+,25-17+,26-18+/t22?,23?,27?,28-,29+,30?,31?,32?,33?,34?/m1/s1. The zero-order chi connectivity index (χ0) is 34.8. The average Bonchev–Trinajstić information content (AvgIpc) is 3.04. The van der Waals surface area contributed by atoms with E-state index in [2.05, 4.69) is 13.0 Å². The maximum atomic E-state index is 13.0. The van der Waals surface area contributed by atoms with Gasteiger partial charge in [0.25, 0.3) is 0 Å². The molecule has 10 atom stereocenters. The third-order valence-corrected chi connectivity index (χ3v) is 9.94. The Kier molecular flexibility index (Phi) is 14.3. The summed E-state index contributed by atoms with van der Waals surface area (Å²) in [6, 6.07) is 0. The second kappa shape index (κ2) is 18.1. The fourth-order valence-corrected chi connectivity index (χ4v) is 7.30. The lowest BCUT2D eigenvalue weighted by Crippen LogP contribution is -2.47. The van der Waals surface area contributed by atoms with E-state index in [1.807, 2.05) is 19.9 Å². The molecule has 0 saturated carbocycles. The molecule has 6 bridgehead atoms. The van der Waals surface area contributed by atoms with E-state index in [-0.39, 0.29) is 79.0 Å². The van der Waals surface area contributed by atoms with Crippen molar-refractivity contribution in [2.24, 2.45) is 11.8 Å². The molecule has 0 aromatic heterocycles. The molecule has 0 aliphatic carbocycles. The van der Waals surface area contributed by atoms with Gasteiger partial charge < -0.3 is 33.2 Å². The van der Waals surface area contributed by atoms with Crippen LogP contribution in [0, 0.1) is 11.8 Å². The molecule has 0 aromatic rings. The van der Waals surface area contributed by atoms with Crippen LogP contribution in [0.25, 0.3) is 0 Å². The van der Waals surface area contributed by atoms with E-state index in [0.29, 0.717) is 64.2 Å². The van der Waals surface area contributed by atoms with Crippen molar-refractivity contribution in [1.29, 1.82) is 0 Å². The highest BCUT2D eigenvalue weighted by Crippen LogP contribution is 2.37. The van der Waals surface area contributed by atoms with Gasteiger partial charge >= 0.3 is 23.9 Å². The Hall–Kier alpha value is -3.02. The molecule has 3 fully saturated rings. The average molecular weight is 675 g/mol. The molecular weight excluding hydrogens is 620 g/mol. The number of hydrogen-bond acceptors (Lipinski definition) is 11. The zero-order valence-electron chi connectivity index (χ0n) is 29.4. The number of carbonyl (C=O) groups is 4. The number of ether oxygens (including phenoxy) is 7. The van der Waals surface area contributed by atoms with Gasteiger partial charge in [-0.2, -0.15) is 0 Å². The third-order valence-electron chi connectivity index (χ3n) is 9.94. The molecule has 0 amide bonds. The van der Waals surface area contributed by atoms with Crippen LogP contribution in [0.1, 0.15) is 98.3 Å². The molecule has 48 heavy (non-hydrogen) atoms. The van der Waals surface area contributed by atoms with Gasteiger partial charge in [-0.05, 0) is 44.9 Å². The number of fused-ring (bicyclic) bond motifs is 6. The highest BCUT2D eigenvalue weighted by atomic mass is 16.6. The molecule has 11 nitrogen and oxygen atoms in total. The molecule has 268 valence electrons. The number of methoxy groups -OCH3 is 2. The third kappa shape index (κ3) is 11.3. The minimum atomic E-state index is -0.407. The van der Waals surface area contributed by atoms with Gasteiger partial charge in [-0.25, -0.2) is 9.59 Å². The number of hydrogen-bond donors (Lipinski definition) is 0. The lowest BCUT2D eigenvalue weighted by molar-refractivity contribution is -0.179. The van der Waals surface area contributed by atoms with Crippen molar-refractivity contribution in [2.75, 3.05) is 14.2 Å². The molecule has 4 heterocycles. The van der Waals surface area contributed by atoms with Crippen LogP contribution in [0.2, 0.25) is 0 Å². The monoisotopic (exact) mass is 674 g/mol. The Morgan fingerprint density at radius 1 is 0.833 bits per heavy atom. The lowest BCUT2D eigenvalue weighted by atomic mass is 9.84. The smallest absolute Gasteiger partial charge is 0.330 e. The Balaban J connectivity index is 1.64. The molecule has 0 N–H and O–H groups in total. The van der Waals surface area contributed by atoms with Gasteiger partial charge in [0.05, 0.1) is 50.8 Å². The van der Waals surface area contributed by atoms with Crippen LogP contribution in [0.4, 0.5) is 0 Å². The second-order valence-electron chi connectivity index (χ2n) is 13.7. The van der Waals surface area contributed by atoms with Crippen molar-refractivity contribution in [1.82, 2.24) is 0 Å². The Morgan fingerprint density at radius 3 is 2.12 bits per heavy atom. The summed E-state index contributed by atoms with van der Waals surface area (Å²) in [6.07, 6.45) is 11.0. The van der Waals surface area contributed by atoms with Gasteiger partial charge in [-0.1, -0.05) is 44.1 Å². The van der Waals surface area contributed by atoms with Gasteiger partial charge in [0.15, 0.2) is 0 Å². The Bertz CT molecular complexity index is 1220. The van der Waals surface area contributed by atoms with E-state index in [4.69, 9.17) is 33.2 Å². The molecule has 4 aliphatic rings. The summed E-state index contributed by atoms with van der Waals surface area (Å²) in [5.41, 5.74) is 1.87. The summed E-state index contributed by atoms with van der Waals surface area (Å²) in [6.45, 7) is 7.51. The van der Waals surface area contributed by atoms with Gasteiger partial charge in [-0.3, -0.25) is 9.59 Å². The quantitative estimate of drug-likeness (QED) is 0.162. The topological polar surface area (TPSA) is 133 Å². The normalized spacial score (nSPS) is 37.5. The fraction of sp³-hybridized carbons (Fsp3) is 0.730. The summed E-state index contributed by atoms with van der Waals surface area (Å²) < 4.78 is 41.3. The maximum Gasteiger partial charge on any atom is 0.330 e.